The molecule has 3 aromatic carbocycles. The molecule has 200 valence electrons. The first-order valence-corrected chi connectivity index (χ1v) is 12.5. The molecule has 5 rings (SSSR count). The van der Waals surface area contributed by atoms with Crippen molar-refractivity contribution in [1.29, 1.82) is 0 Å². The van der Waals surface area contributed by atoms with E-state index in [1.165, 1.54) is 0 Å². The van der Waals surface area contributed by atoms with Crippen LogP contribution in [-0.4, -0.2) is 29.8 Å². The summed E-state index contributed by atoms with van der Waals surface area (Å²) in [5.74, 6) is 1.01. The number of pyridine rings is 1. The highest BCUT2D eigenvalue weighted by Crippen LogP contribution is 2.36. The zero-order chi connectivity index (χ0) is 27.0. The predicted molar refractivity (Wildman–Crippen MR) is 144 cm³/mol. The highest BCUT2D eigenvalue weighted by Gasteiger charge is 2.23. The number of anilines is 1. The number of hydrogen-bond acceptors (Lipinski definition) is 8. The van der Waals surface area contributed by atoms with Crippen LogP contribution in [0.4, 0.5) is 5.69 Å². The quantitative estimate of drug-likeness (QED) is 0.277. The van der Waals surface area contributed by atoms with Gasteiger partial charge in [0.25, 0.3) is 5.91 Å². The van der Waals surface area contributed by atoms with E-state index >= 15 is 0 Å². The van der Waals surface area contributed by atoms with Gasteiger partial charge in [0.05, 0.1) is 13.2 Å². The van der Waals surface area contributed by atoms with Crippen LogP contribution >= 0.6 is 0 Å². The number of aromatic nitrogens is 1. The summed E-state index contributed by atoms with van der Waals surface area (Å²) in [6.07, 6.45) is 1.58. The number of rotatable bonds is 11. The minimum atomic E-state index is -0.570. The van der Waals surface area contributed by atoms with Crippen molar-refractivity contribution in [1.82, 2.24) is 10.5 Å². The Kier molecular flexibility index (Phi) is 8.20. The molecule has 2 heterocycles. The summed E-state index contributed by atoms with van der Waals surface area (Å²) in [7, 11) is 1.92. The fourth-order valence-electron chi connectivity index (χ4n) is 4.20. The lowest BCUT2D eigenvalue weighted by molar-refractivity contribution is 0.0226. The lowest BCUT2D eigenvalue weighted by Gasteiger charge is -2.23. The lowest BCUT2D eigenvalue weighted by Crippen LogP contribution is -2.26. The standard InChI is InChI=1S/C30H29N3O6/c1-33(24-12-13-26-27(14-24)38-20-37-26)16-23-15-31-28(30(35)32-39-19-22-10-6-3-7-11-22)29(25(23)17-34)36-18-21-8-4-2-5-9-21/h2-15,34H,16-20H2,1H3,(H,32,35). The monoisotopic (exact) mass is 527 g/mol. The van der Waals surface area contributed by atoms with Gasteiger partial charge in [-0.15, -0.1) is 0 Å². The van der Waals surface area contributed by atoms with Gasteiger partial charge in [0.15, 0.2) is 22.9 Å². The second-order valence-corrected chi connectivity index (χ2v) is 8.97. The average molecular weight is 528 g/mol. The van der Waals surface area contributed by atoms with Crippen LogP contribution in [0.25, 0.3) is 0 Å². The molecule has 1 aliphatic rings. The van der Waals surface area contributed by atoms with Crippen molar-refractivity contribution in [2.24, 2.45) is 0 Å². The number of carbonyl (C=O) groups is 1. The van der Waals surface area contributed by atoms with E-state index in [2.05, 4.69) is 10.5 Å². The maximum Gasteiger partial charge on any atom is 0.297 e. The van der Waals surface area contributed by atoms with Crippen molar-refractivity contribution in [2.45, 2.75) is 26.4 Å². The molecule has 0 aliphatic carbocycles. The van der Waals surface area contributed by atoms with Crippen LogP contribution in [0.15, 0.2) is 85.1 Å². The Bertz CT molecular complexity index is 1420. The Balaban J connectivity index is 1.38. The molecule has 0 saturated heterocycles. The van der Waals surface area contributed by atoms with Crippen molar-refractivity contribution in [3.63, 3.8) is 0 Å². The molecule has 0 fully saturated rings. The number of nitrogens with one attached hydrogen (secondary N) is 1. The molecule has 0 spiro atoms. The minimum Gasteiger partial charge on any atom is -0.486 e. The molecule has 0 radical (unpaired) electrons. The number of hydroxylamine groups is 1. The Morgan fingerprint density at radius 1 is 0.974 bits per heavy atom. The van der Waals surface area contributed by atoms with Gasteiger partial charge in [-0.25, -0.2) is 10.5 Å². The summed E-state index contributed by atoms with van der Waals surface area (Å²) >= 11 is 0. The minimum absolute atomic E-state index is 0.0255. The summed E-state index contributed by atoms with van der Waals surface area (Å²) in [5, 5.41) is 10.4. The molecule has 39 heavy (non-hydrogen) atoms. The van der Waals surface area contributed by atoms with Crippen molar-refractivity contribution in [2.75, 3.05) is 18.7 Å². The Labute approximate surface area is 226 Å². The zero-order valence-electron chi connectivity index (χ0n) is 21.5. The van der Waals surface area contributed by atoms with Gasteiger partial charge in [0.2, 0.25) is 6.79 Å². The first-order valence-electron chi connectivity index (χ1n) is 12.5. The number of aliphatic hydroxyl groups excluding tert-OH is 1. The highest BCUT2D eigenvalue weighted by atomic mass is 16.7. The normalized spacial score (nSPS) is 11.7. The van der Waals surface area contributed by atoms with Crippen LogP contribution in [0, 0.1) is 0 Å². The van der Waals surface area contributed by atoms with Gasteiger partial charge in [-0.3, -0.25) is 9.63 Å². The third-order valence-electron chi connectivity index (χ3n) is 6.28. The van der Waals surface area contributed by atoms with Gasteiger partial charge in [0.1, 0.15) is 6.61 Å². The van der Waals surface area contributed by atoms with Crippen molar-refractivity contribution >= 4 is 11.6 Å². The second-order valence-electron chi connectivity index (χ2n) is 8.97. The molecule has 4 aromatic rings. The number of ether oxygens (including phenoxy) is 3. The number of benzene rings is 3. The van der Waals surface area contributed by atoms with Gasteiger partial charge in [-0.2, -0.15) is 0 Å². The van der Waals surface area contributed by atoms with Crippen molar-refractivity contribution in [3.8, 4) is 17.2 Å². The van der Waals surface area contributed by atoms with E-state index in [1.54, 1.807) is 6.20 Å². The Morgan fingerprint density at radius 2 is 1.67 bits per heavy atom. The maximum absolute atomic E-state index is 13.1. The first-order chi connectivity index (χ1) is 19.1. The molecule has 0 saturated carbocycles. The van der Waals surface area contributed by atoms with E-state index in [9.17, 15) is 9.90 Å². The van der Waals surface area contributed by atoms with Gasteiger partial charge in [-0.05, 0) is 28.8 Å². The summed E-state index contributed by atoms with van der Waals surface area (Å²) in [6.45, 7) is 0.640. The van der Waals surface area contributed by atoms with E-state index in [4.69, 9.17) is 19.0 Å². The largest absolute Gasteiger partial charge is 0.486 e. The van der Waals surface area contributed by atoms with Gasteiger partial charge in [-0.1, -0.05) is 60.7 Å². The number of nitrogens with zero attached hydrogens (tertiary/aromatic N) is 2. The predicted octanol–water partition coefficient (Wildman–Crippen LogP) is 4.38. The van der Waals surface area contributed by atoms with E-state index in [1.807, 2.05) is 90.8 Å². The number of aliphatic hydroxyl groups is 1. The number of fused-ring (bicyclic) bond motifs is 1. The molecule has 1 aromatic heterocycles. The molecule has 0 atom stereocenters. The average Bonchev–Trinajstić information content (AvgIpc) is 3.45. The second kappa shape index (κ2) is 12.3. The molecule has 1 aliphatic heterocycles. The smallest absolute Gasteiger partial charge is 0.297 e. The molecular weight excluding hydrogens is 498 g/mol. The van der Waals surface area contributed by atoms with Crippen LogP contribution < -0.4 is 24.6 Å². The van der Waals surface area contributed by atoms with E-state index in [0.717, 1.165) is 16.8 Å². The Morgan fingerprint density at radius 3 is 2.38 bits per heavy atom. The van der Waals surface area contributed by atoms with Crippen LogP contribution in [0.3, 0.4) is 0 Å². The number of amides is 1. The highest BCUT2D eigenvalue weighted by molar-refractivity contribution is 5.94. The lowest BCUT2D eigenvalue weighted by atomic mass is 10.1. The van der Waals surface area contributed by atoms with Gasteiger partial charge < -0.3 is 24.2 Å². The molecule has 0 unspecified atom stereocenters. The van der Waals surface area contributed by atoms with Crippen LogP contribution in [0.1, 0.15) is 32.7 Å². The summed E-state index contributed by atoms with van der Waals surface area (Å²) in [6, 6.07) is 24.7. The summed E-state index contributed by atoms with van der Waals surface area (Å²) in [5.41, 5.74) is 6.37. The molecule has 9 heteroatoms. The topological polar surface area (TPSA) is 102 Å². The zero-order valence-corrected chi connectivity index (χ0v) is 21.5. The van der Waals surface area contributed by atoms with Crippen molar-refractivity contribution < 1.29 is 28.9 Å². The summed E-state index contributed by atoms with van der Waals surface area (Å²) in [4.78, 5) is 24.9. The Hall–Kier alpha value is -4.60. The van der Waals surface area contributed by atoms with E-state index < -0.39 is 5.91 Å². The maximum atomic E-state index is 13.1. The SMILES string of the molecule is CN(Cc1cnc(C(=O)NOCc2ccccc2)c(OCc2ccccc2)c1CO)c1ccc2c(c1)OCO2. The molecular formula is C30H29N3O6. The number of hydrogen-bond donors (Lipinski definition) is 2. The molecule has 2 N–H and O–H groups in total. The van der Waals surface area contributed by atoms with Gasteiger partial charge in [0, 0.05) is 37.1 Å². The number of carbonyl (C=O) groups excluding carboxylic acids is 1. The fourth-order valence-corrected chi connectivity index (χ4v) is 4.20. The van der Waals surface area contributed by atoms with Crippen LogP contribution in [0.5, 0.6) is 17.2 Å². The molecule has 9 nitrogen and oxygen atoms in total. The summed E-state index contributed by atoms with van der Waals surface area (Å²) < 4.78 is 17.0. The van der Waals surface area contributed by atoms with E-state index in [-0.39, 0.29) is 38.1 Å². The van der Waals surface area contributed by atoms with E-state index in [0.29, 0.717) is 29.2 Å². The van der Waals surface area contributed by atoms with Crippen LogP contribution in [0.2, 0.25) is 0 Å². The molecule has 1 amide bonds. The van der Waals surface area contributed by atoms with Gasteiger partial charge >= 0.3 is 0 Å². The third kappa shape index (κ3) is 6.28. The fraction of sp³-hybridized carbons (Fsp3) is 0.200. The van der Waals surface area contributed by atoms with Crippen molar-refractivity contribution in [3.05, 3.63) is 113 Å². The first kappa shape index (κ1) is 26.0. The molecule has 0 bridgehead atoms. The van der Waals surface area contributed by atoms with Crippen LogP contribution in [-0.2, 0) is 31.2 Å². The third-order valence-corrected chi connectivity index (χ3v) is 6.28.